The molecular weight excluding hydrogens is 231 g/mol. The van der Waals surface area contributed by atoms with E-state index in [9.17, 15) is 18.0 Å². The molecule has 5 heteroatoms. The van der Waals surface area contributed by atoms with Crippen LogP contribution in [0, 0.1) is 5.92 Å². The second-order valence-corrected chi connectivity index (χ2v) is 3.97. The number of anilines is 1. The van der Waals surface area contributed by atoms with E-state index in [0.717, 1.165) is 18.2 Å². The zero-order chi connectivity index (χ0) is 13.2. The topological polar surface area (TPSA) is 43.1 Å². The van der Waals surface area contributed by atoms with Crippen molar-refractivity contribution in [3.63, 3.8) is 0 Å². The monoisotopic (exact) mass is 245 g/mol. The summed E-state index contributed by atoms with van der Waals surface area (Å²) in [7, 11) is 0. The molecule has 1 aromatic carbocycles. The molecule has 0 saturated heterocycles. The number of rotatable bonds is 3. The second-order valence-electron chi connectivity index (χ2n) is 3.97. The Kier molecular flexibility index (Phi) is 3.80. The molecule has 94 valence electrons. The maximum Gasteiger partial charge on any atom is 0.416 e. The number of nitrogen functional groups attached to an aromatic ring is 1. The summed E-state index contributed by atoms with van der Waals surface area (Å²) in [4.78, 5) is 11.8. The van der Waals surface area contributed by atoms with Gasteiger partial charge in [0.15, 0.2) is 5.78 Å². The Balaban J connectivity index is 3.20. The molecule has 0 aromatic heterocycles. The molecule has 0 radical (unpaired) electrons. The Morgan fingerprint density at radius 1 is 1.41 bits per heavy atom. The molecule has 0 saturated carbocycles. The first-order chi connectivity index (χ1) is 7.77. The number of alkyl halides is 3. The van der Waals surface area contributed by atoms with Crippen LogP contribution in [-0.2, 0) is 6.18 Å². The molecule has 1 rings (SSSR count). The zero-order valence-electron chi connectivity index (χ0n) is 9.64. The number of benzene rings is 1. The Morgan fingerprint density at radius 2 is 2.00 bits per heavy atom. The minimum absolute atomic E-state index is 0.0471. The quantitative estimate of drug-likeness (QED) is 0.654. The van der Waals surface area contributed by atoms with Crippen LogP contribution in [0.15, 0.2) is 18.2 Å². The Morgan fingerprint density at radius 3 is 2.47 bits per heavy atom. The smallest absolute Gasteiger partial charge is 0.398 e. The summed E-state index contributed by atoms with van der Waals surface area (Å²) >= 11 is 0. The van der Waals surface area contributed by atoms with Crippen LogP contribution in [0.1, 0.15) is 36.2 Å². The first kappa shape index (κ1) is 13.5. The van der Waals surface area contributed by atoms with Gasteiger partial charge in [-0.05, 0) is 24.6 Å². The summed E-state index contributed by atoms with van der Waals surface area (Å²) < 4.78 is 37.5. The molecule has 0 aliphatic rings. The molecule has 1 atom stereocenters. The van der Waals surface area contributed by atoms with Crippen LogP contribution < -0.4 is 5.73 Å². The van der Waals surface area contributed by atoms with Crippen molar-refractivity contribution in [1.82, 2.24) is 0 Å². The van der Waals surface area contributed by atoms with Crippen molar-refractivity contribution < 1.29 is 18.0 Å². The first-order valence-corrected chi connectivity index (χ1v) is 5.28. The molecule has 0 amide bonds. The molecule has 2 nitrogen and oxygen atoms in total. The van der Waals surface area contributed by atoms with Gasteiger partial charge in [-0.1, -0.05) is 13.8 Å². The third-order valence-corrected chi connectivity index (χ3v) is 2.71. The number of carbonyl (C=O) groups is 1. The summed E-state index contributed by atoms with van der Waals surface area (Å²) in [6, 6.07) is 2.82. The molecule has 17 heavy (non-hydrogen) atoms. The minimum Gasteiger partial charge on any atom is -0.398 e. The molecule has 0 heterocycles. The van der Waals surface area contributed by atoms with E-state index >= 15 is 0 Å². The second kappa shape index (κ2) is 4.77. The van der Waals surface area contributed by atoms with E-state index in [1.165, 1.54) is 0 Å². The molecule has 0 fully saturated rings. The van der Waals surface area contributed by atoms with Crippen LogP contribution in [-0.4, -0.2) is 5.78 Å². The van der Waals surface area contributed by atoms with Gasteiger partial charge in [-0.2, -0.15) is 13.2 Å². The average molecular weight is 245 g/mol. The SMILES string of the molecule is CCC(C)C(=O)c1cc(C(F)(F)F)ccc1N. The summed E-state index contributed by atoms with van der Waals surface area (Å²) in [5, 5.41) is 0. The van der Waals surface area contributed by atoms with Gasteiger partial charge in [0.25, 0.3) is 0 Å². The van der Waals surface area contributed by atoms with Crippen LogP contribution in [0.4, 0.5) is 18.9 Å². The lowest BCUT2D eigenvalue weighted by atomic mass is 9.94. The fourth-order valence-electron chi connectivity index (χ4n) is 1.40. The molecule has 1 aromatic rings. The molecular formula is C12H14F3NO. The highest BCUT2D eigenvalue weighted by Gasteiger charge is 2.31. The van der Waals surface area contributed by atoms with Crippen molar-refractivity contribution in [2.75, 3.05) is 5.73 Å². The predicted octanol–water partition coefficient (Wildman–Crippen LogP) is 3.52. The summed E-state index contributed by atoms with van der Waals surface area (Å²) in [5.41, 5.74) is 4.73. The molecule has 0 spiro atoms. The lowest BCUT2D eigenvalue weighted by Crippen LogP contribution is -2.14. The highest BCUT2D eigenvalue weighted by molar-refractivity contribution is 6.02. The van der Waals surface area contributed by atoms with Crippen molar-refractivity contribution in [3.8, 4) is 0 Å². The number of nitrogens with two attached hydrogens (primary N) is 1. The Bertz CT molecular complexity index is 426. The zero-order valence-corrected chi connectivity index (χ0v) is 9.64. The summed E-state index contributed by atoms with van der Waals surface area (Å²) in [6.07, 6.45) is -3.90. The van der Waals surface area contributed by atoms with Gasteiger partial charge in [-0.3, -0.25) is 4.79 Å². The van der Waals surface area contributed by atoms with Crippen molar-refractivity contribution in [2.45, 2.75) is 26.4 Å². The van der Waals surface area contributed by atoms with Crippen LogP contribution in [0.25, 0.3) is 0 Å². The van der Waals surface area contributed by atoms with Gasteiger partial charge < -0.3 is 5.73 Å². The number of ketones is 1. The maximum absolute atomic E-state index is 12.5. The van der Waals surface area contributed by atoms with Crippen LogP contribution >= 0.6 is 0 Å². The van der Waals surface area contributed by atoms with Crippen LogP contribution in [0.5, 0.6) is 0 Å². The number of halogens is 3. The van der Waals surface area contributed by atoms with E-state index in [0.29, 0.717) is 6.42 Å². The van der Waals surface area contributed by atoms with Crippen molar-refractivity contribution >= 4 is 11.5 Å². The molecule has 2 N–H and O–H groups in total. The van der Waals surface area contributed by atoms with Gasteiger partial charge in [-0.25, -0.2) is 0 Å². The van der Waals surface area contributed by atoms with Crippen molar-refractivity contribution in [1.29, 1.82) is 0 Å². The van der Waals surface area contributed by atoms with Crippen molar-refractivity contribution in [3.05, 3.63) is 29.3 Å². The third kappa shape index (κ3) is 2.99. The third-order valence-electron chi connectivity index (χ3n) is 2.71. The number of hydrogen-bond donors (Lipinski definition) is 1. The molecule has 0 aliphatic heterocycles. The summed E-state index contributed by atoms with van der Waals surface area (Å²) in [5.74, 6) is -0.683. The lowest BCUT2D eigenvalue weighted by Gasteiger charge is -2.13. The van der Waals surface area contributed by atoms with E-state index in [2.05, 4.69) is 0 Å². The van der Waals surface area contributed by atoms with E-state index in [1.54, 1.807) is 13.8 Å². The van der Waals surface area contributed by atoms with E-state index in [-0.39, 0.29) is 23.0 Å². The van der Waals surface area contributed by atoms with Gasteiger partial charge in [-0.15, -0.1) is 0 Å². The Hall–Kier alpha value is -1.52. The lowest BCUT2D eigenvalue weighted by molar-refractivity contribution is -0.137. The van der Waals surface area contributed by atoms with Gasteiger partial charge in [0.2, 0.25) is 0 Å². The van der Waals surface area contributed by atoms with Crippen LogP contribution in [0.3, 0.4) is 0 Å². The standard InChI is InChI=1S/C12H14F3NO/c1-3-7(2)11(17)9-6-8(12(13,14)15)4-5-10(9)16/h4-7H,3,16H2,1-2H3. The minimum atomic E-state index is -4.46. The maximum atomic E-state index is 12.5. The fourth-order valence-corrected chi connectivity index (χ4v) is 1.40. The van der Waals surface area contributed by atoms with E-state index in [4.69, 9.17) is 5.73 Å². The number of hydrogen-bond acceptors (Lipinski definition) is 2. The van der Waals surface area contributed by atoms with Gasteiger partial charge >= 0.3 is 6.18 Å². The van der Waals surface area contributed by atoms with Crippen LogP contribution in [0.2, 0.25) is 0 Å². The Labute approximate surface area is 97.6 Å². The van der Waals surface area contributed by atoms with E-state index in [1.807, 2.05) is 0 Å². The largest absolute Gasteiger partial charge is 0.416 e. The first-order valence-electron chi connectivity index (χ1n) is 5.28. The molecule has 0 bridgehead atoms. The highest BCUT2D eigenvalue weighted by Crippen LogP contribution is 2.32. The van der Waals surface area contributed by atoms with Gasteiger partial charge in [0.05, 0.1) is 5.56 Å². The van der Waals surface area contributed by atoms with Crippen molar-refractivity contribution in [2.24, 2.45) is 5.92 Å². The summed E-state index contributed by atoms with van der Waals surface area (Å²) in [6.45, 7) is 3.47. The van der Waals surface area contributed by atoms with Gasteiger partial charge in [0, 0.05) is 17.2 Å². The average Bonchev–Trinajstić information content (AvgIpc) is 2.26. The number of carbonyl (C=O) groups excluding carboxylic acids is 1. The highest BCUT2D eigenvalue weighted by atomic mass is 19.4. The molecule has 1 unspecified atom stereocenters. The predicted molar refractivity (Wildman–Crippen MR) is 59.6 cm³/mol. The normalized spacial score (nSPS) is 13.5. The van der Waals surface area contributed by atoms with Gasteiger partial charge in [0.1, 0.15) is 0 Å². The molecule has 0 aliphatic carbocycles. The van der Waals surface area contributed by atoms with E-state index < -0.39 is 11.7 Å². The number of Topliss-reactive ketones (excluding diaryl/α,β-unsaturated/α-hetero) is 1. The fraction of sp³-hybridized carbons (Fsp3) is 0.417.